The molecule has 0 atom stereocenters. The monoisotopic (exact) mass is 389 g/mol. The van der Waals surface area contributed by atoms with Crippen molar-refractivity contribution in [2.75, 3.05) is 35.1 Å². The number of anilines is 2. The molecule has 0 spiro atoms. The highest BCUT2D eigenvalue weighted by Crippen LogP contribution is 2.29. The quantitative estimate of drug-likeness (QED) is 0.762. The van der Waals surface area contributed by atoms with E-state index in [0.717, 1.165) is 17.0 Å². The van der Waals surface area contributed by atoms with Crippen LogP contribution in [0.4, 0.5) is 16.2 Å². The van der Waals surface area contributed by atoms with E-state index in [9.17, 15) is 13.2 Å². The van der Waals surface area contributed by atoms with Gasteiger partial charge in [0.2, 0.25) is 10.0 Å². The van der Waals surface area contributed by atoms with E-state index in [1.165, 1.54) is 4.31 Å². The molecule has 144 valence electrons. The maximum Gasteiger partial charge on any atom is 0.319 e. The van der Waals surface area contributed by atoms with Crippen molar-refractivity contribution in [3.63, 3.8) is 0 Å². The lowest BCUT2D eigenvalue weighted by atomic mass is 10.2. The summed E-state index contributed by atoms with van der Waals surface area (Å²) in [6.07, 6.45) is 0.709. The number of amides is 2. The SMILES string of the molecule is CCOc1ccc(NC(=O)NCCS(=O)(=O)N2CCc3ccccc32)cc1. The summed E-state index contributed by atoms with van der Waals surface area (Å²) in [4.78, 5) is 12.0. The fourth-order valence-corrected chi connectivity index (χ4v) is 4.40. The van der Waals surface area contributed by atoms with E-state index in [4.69, 9.17) is 4.74 Å². The first-order valence-corrected chi connectivity index (χ1v) is 10.5. The van der Waals surface area contributed by atoms with Gasteiger partial charge in [-0.3, -0.25) is 4.31 Å². The highest BCUT2D eigenvalue weighted by atomic mass is 32.2. The molecule has 1 heterocycles. The Labute approximate surface area is 159 Å². The molecule has 0 fully saturated rings. The molecule has 0 radical (unpaired) electrons. The Morgan fingerprint density at radius 3 is 2.63 bits per heavy atom. The minimum absolute atomic E-state index is 0.0316. The number of carbonyl (C=O) groups excluding carboxylic acids is 1. The van der Waals surface area contributed by atoms with Gasteiger partial charge in [-0.15, -0.1) is 0 Å². The zero-order chi connectivity index (χ0) is 19.3. The van der Waals surface area contributed by atoms with E-state index in [1.807, 2.05) is 31.2 Å². The lowest BCUT2D eigenvalue weighted by Crippen LogP contribution is -2.38. The van der Waals surface area contributed by atoms with Gasteiger partial charge in [0.05, 0.1) is 18.0 Å². The number of urea groups is 1. The molecule has 1 aliphatic rings. The highest BCUT2D eigenvalue weighted by Gasteiger charge is 2.28. The standard InChI is InChI=1S/C19H23N3O4S/c1-2-26-17-9-7-16(8-10-17)21-19(23)20-12-14-27(24,25)22-13-11-15-5-3-4-6-18(15)22/h3-10H,2,11-14H2,1H3,(H2,20,21,23). The number of para-hydroxylation sites is 1. The number of hydrogen-bond donors (Lipinski definition) is 2. The van der Waals surface area contributed by atoms with Crippen LogP contribution in [-0.2, 0) is 16.4 Å². The van der Waals surface area contributed by atoms with Gasteiger partial charge >= 0.3 is 6.03 Å². The van der Waals surface area contributed by atoms with Crippen molar-refractivity contribution < 1.29 is 17.9 Å². The first-order valence-electron chi connectivity index (χ1n) is 8.85. The molecule has 0 saturated heterocycles. The van der Waals surface area contributed by atoms with Crippen LogP contribution >= 0.6 is 0 Å². The van der Waals surface area contributed by atoms with Crippen LogP contribution in [0.3, 0.4) is 0 Å². The third kappa shape index (κ3) is 4.71. The number of sulfonamides is 1. The molecule has 27 heavy (non-hydrogen) atoms. The zero-order valence-electron chi connectivity index (χ0n) is 15.1. The van der Waals surface area contributed by atoms with E-state index >= 15 is 0 Å². The predicted octanol–water partition coefficient (Wildman–Crippen LogP) is 2.60. The number of carbonyl (C=O) groups is 1. The van der Waals surface area contributed by atoms with Crippen molar-refractivity contribution >= 4 is 27.4 Å². The van der Waals surface area contributed by atoms with Crippen molar-refractivity contribution in [3.05, 3.63) is 54.1 Å². The van der Waals surface area contributed by atoms with Gasteiger partial charge in [-0.2, -0.15) is 0 Å². The minimum atomic E-state index is -3.48. The molecule has 1 aliphatic heterocycles. The summed E-state index contributed by atoms with van der Waals surface area (Å²) < 4.78 is 31.9. The summed E-state index contributed by atoms with van der Waals surface area (Å²) in [5.74, 6) is 0.568. The molecule has 0 saturated carbocycles. The maximum atomic E-state index is 12.6. The zero-order valence-corrected chi connectivity index (χ0v) is 16.0. The second-order valence-corrected chi connectivity index (χ2v) is 8.12. The molecule has 8 heteroatoms. The predicted molar refractivity (Wildman–Crippen MR) is 106 cm³/mol. The minimum Gasteiger partial charge on any atom is -0.494 e. The van der Waals surface area contributed by atoms with Gasteiger partial charge < -0.3 is 15.4 Å². The molecule has 0 aromatic heterocycles. The number of rotatable bonds is 7. The molecular formula is C19H23N3O4S. The third-order valence-electron chi connectivity index (χ3n) is 4.25. The maximum absolute atomic E-state index is 12.6. The molecule has 3 rings (SSSR count). The summed E-state index contributed by atoms with van der Waals surface area (Å²) in [6.45, 7) is 2.95. The largest absolute Gasteiger partial charge is 0.494 e. The van der Waals surface area contributed by atoms with E-state index in [2.05, 4.69) is 10.6 Å². The van der Waals surface area contributed by atoms with Gasteiger partial charge in [-0.25, -0.2) is 13.2 Å². The van der Waals surface area contributed by atoms with Crippen molar-refractivity contribution in [2.24, 2.45) is 0 Å². The number of hydrogen-bond acceptors (Lipinski definition) is 4. The van der Waals surface area contributed by atoms with Crippen molar-refractivity contribution in [3.8, 4) is 5.75 Å². The van der Waals surface area contributed by atoms with Crippen LogP contribution in [0.15, 0.2) is 48.5 Å². The van der Waals surface area contributed by atoms with Gasteiger partial charge in [-0.05, 0) is 49.2 Å². The molecule has 2 N–H and O–H groups in total. The highest BCUT2D eigenvalue weighted by molar-refractivity contribution is 7.92. The number of ether oxygens (including phenoxy) is 1. The van der Waals surface area contributed by atoms with Gasteiger partial charge in [0.1, 0.15) is 5.75 Å². The molecule has 0 unspecified atom stereocenters. The Morgan fingerprint density at radius 2 is 1.89 bits per heavy atom. The van der Waals surface area contributed by atoms with Gasteiger partial charge in [0.15, 0.2) is 0 Å². The molecule has 2 amide bonds. The van der Waals surface area contributed by atoms with Crippen LogP contribution < -0.4 is 19.7 Å². The molecule has 0 bridgehead atoms. The average molecular weight is 389 g/mol. The summed E-state index contributed by atoms with van der Waals surface area (Å²) in [5.41, 5.74) is 2.37. The van der Waals surface area contributed by atoms with E-state index in [1.54, 1.807) is 24.3 Å². The van der Waals surface area contributed by atoms with Crippen LogP contribution in [-0.4, -0.2) is 39.9 Å². The van der Waals surface area contributed by atoms with Crippen LogP contribution in [0.1, 0.15) is 12.5 Å². The second kappa shape index (κ2) is 8.30. The van der Waals surface area contributed by atoms with E-state index < -0.39 is 16.1 Å². The van der Waals surface area contributed by atoms with Crippen molar-refractivity contribution in [1.29, 1.82) is 0 Å². The third-order valence-corrected chi connectivity index (χ3v) is 6.02. The first-order chi connectivity index (χ1) is 13.0. The fourth-order valence-electron chi connectivity index (χ4n) is 2.98. The van der Waals surface area contributed by atoms with Gasteiger partial charge in [-0.1, -0.05) is 18.2 Å². The summed E-state index contributed by atoms with van der Waals surface area (Å²) in [6, 6.07) is 14.0. The van der Waals surface area contributed by atoms with Crippen molar-refractivity contribution in [2.45, 2.75) is 13.3 Å². The fraction of sp³-hybridized carbons (Fsp3) is 0.316. The van der Waals surface area contributed by atoms with Gasteiger partial charge in [0, 0.05) is 18.8 Å². The smallest absolute Gasteiger partial charge is 0.319 e. The number of nitrogens with one attached hydrogen (secondary N) is 2. The van der Waals surface area contributed by atoms with E-state index in [-0.39, 0.29) is 12.3 Å². The molecule has 2 aromatic carbocycles. The molecular weight excluding hydrogens is 366 g/mol. The van der Waals surface area contributed by atoms with Crippen LogP contribution in [0.5, 0.6) is 5.75 Å². The Hall–Kier alpha value is -2.74. The summed E-state index contributed by atoms with van der Waals surface area (Å²) >= 11 is 0. The Bertz CT molecular complexity index is 897. The van der Waals surface area contributed by atoms with Crippen LogP contribution in [0.25, 0.3) is 0 Å². The second-order valence-electron chi connectivity index (χ2n) is 6.11. The van der Waals surface area contributed by atoms with E-state index in [0.29, 0.717) is 25.3 Å². The number of fused-ring (bicyclic) bond motifs is 1. The topological polar surface area (TPSA) is 87.7 Å². The summed E-state index contributed by atoms with van der Waals surface area (Å²) in [7, 11) is -3.48. The average Bonchev–Trinajstić information content (AvgIpc) is 3.08. The van der Waals surface area contributed by atoms with Crippen LogP contribution in [0.2, 0.25) is 0 Å². The molecule has 7 nitrogen and oxygen atoms in total. The van der Waals surface area contributed by atoms with Gasteiger partial charge in [0.25, 0.3) is 0 Å². The molecule has 0 aliphatic carbocycles. The van der Waals surface area contributed by atoms with Crippen LogP contribution in [0, 0.1) is 0 Å². The Kier molecular flexibility index (Phi) is 5.85. The lowest BCUT2D eigenvalue weighted by molar-refractivity contribution is 0.252. The Morgan fingerprint density at radius 1 is 1.15 bits per heavy atom. The summed E-state index contributed by atoms with van der Waals surface area (Å²) in [5, 5.41) is 5.26. The number of benzene rings is 2. The normalized spacial score (nSPS) is 13.1. The first kappa shape index (κ1) is 19.0. The Balaban J connectivity index is 1.49. The number of nitrogens with zero attached hydrogens (tertiary/aromatic N) is 1. The molecule has 2 aromatic rings. The van der Waals surface area contributed by atoms with Crippen molar-refractivity contribution in [1.82, 2.24) is 5.32 Å². The lowest BCUT2D eigenvalue weighted by Gasteiger charge is -2.19.